The van der Waals surface area contributed by atoms with Gasteiger partial charge in [-0.2, -0.15) is 0 Å². The normalized spacial score (nSPS) is 21.2. The number of hydrogen-bond donors (Lipinski definition) is 1. The van der Waals surface area contributed by atoms with Gasteiger partial charge in [0.25, 0.3) is 0 Å². The number of piperidine rings is 1. The van der Waals surface area contributed by atoms with E-state index in [1.165, 1.54) is 0 Å². The summed E-state index contributed by atoms with van der Waals surface area (Å²) >= 11 is 0. The van der Waals surface area contributed by atoms with Crippen LogP contribution in [0.5, 0.6) is 5.75 Å². The molecule has 1 heterocycles. The van der Waals surface area contributed by atoms with Crippen molar-refractivity contribution in [3.8, 4) is 16.9 Å². The molecule has 1 saturated heterocycles. The van der Waals surface area contributed by atoms with Crippen molar-refractivity contribution >= 4 is 5.91 Å². The second-order valence-corrected chi connectivity index (χ2v) is 8.32. The molecule has 1 aliphatic heterocycles. The molecule has 4 nitrogen and oxygen atoms in total. The van der Waals surface area contributed by atoms with Gasteiger partial charge in [-0.05, 0) is 61.9 Å². The van der Waals surface area contributed by atoms with E-state index in [1.807, 2.05) is 30.1 Å². The Bertz CT molecular complexity index is 840. The molecule has 0 aromatic heterocycles. The zero-order valence-electron chi connectivity index (χ0n) is 17.1. The first-order valence-electron chi connectivity index (χ1n) is 10.3. The third-order valence-electron chi connectivity index (χ3n) is 6.83. The standard InChI is InChI=1S/C24H30N2O2/c1-17(26(2)23(27)21-16-24(21)12-14-25-15-13-24)18-8-10-19(11-9-18)20-6-4-5-7-22(20)28-3/h4-11,17,21,25H,12-16H2,1-3H3. The first-order valence-corrected chi connectivity index (χ1v) is 10.3. The maximum absolute atomic E-state index is 13.1. The minimum absolute atomic E-state index is 0.0681. The third kappa shape index (κ3) is 3.42. The van der Waals surface area contributed by atoms with Crippen LogP contribution >= 0.6 is 0 Å². The van der Waals surface area contributed by atoms with E-state index < -0.39 is 0 Å². The minimum Gasteiger partial charge on any atom is -0.496 e. The van der Waals surface area contributed by atoms with Gasteiger partial charge < -0.3 is 15.0 Å². The van der Waals surface area contributed by atoms with Gasteiger partial charge in [-0.1, -0.05) is 42.5 Å². The number of methoxy groups -OCH3 is 1. The first-order chi connectivity index (χ1) is 13.6. The second kappa shape index (κ2) is 7.59. The van der Waals surface area contributed by atoms with Gasteiger partial charge in [-0.15, -0.1) is 0 Å². The molecular weight excluding hydrogens is 348 g/mol. The molecule has 2 unspecified atom stereocenters. The van der Waals surface area contributed by atoms with Crippen LogP contribution in [0.4, 0.5) is 0 Å². The summed E-state index contributed by atoms with van der Waals surface area (Å²) in [7, 11) is 3.65. The Kier molecular flexibility index (Phi) is 5.15. The molecular formula is C24H30N2O2. The molecule has 2 fully saturated rings. The summed E-state index contributed by atoms with van der Waals surface area (Å²) in [6.45, 7) is 4.22. The predicted molar refractivity (Wildman–Crippen MR) is 112 cm³/mol. The lowest BCUT2D eigenvalue weighted by Crippen LogP contribution is -2.35. The molecule has 4 heteroatoms. The molecule has 0 bridgehead atoms. The molecule has 0 radical (unpaired) electrons. The van der Waals surface area contributed by atoms with Gasteiger partial charge in [-0.3, -0.25) is 4.79 Å². The lowest BCUT2D eigenvalue weighted by molar-refractivity contribution is -0.134. The molecule has 2 atom stereocenters. The summed E-state index contributed by atoms with van der Waals surface area (Å²) < 4.78 is 5.48. The average molecular weight is 379 g/mol. The Morgan fingerprint density at radius 2 is 1.82 bits per heavy atom. The summed E-state index contributed by atoms with van der Waals surface area (Å²) in [5.41, 5.74) is 3.65. The summed E-state index contributed by atoms with van der Waals surface area (Å²) in [5, 5.41) is 3.41. The highest BCUT2D eigenvalue weighted by atomic mass is 16.5. The van der Waals surface area contributed by atoms with E-state index in [4.69, 9.17) is 4.74 Å². The Balaban J connectivity index is 1.46. The van der Waals surface area contributed by atoms with Crippen LogP contribution in [0.15, 0.2) is 48.5 Å². The Hall–Kier alpha value is -2.33. The first kappa shape index (κ1) is 19.0. The van der Waals surface area contributed by atoms with E-state index in [9.17, 15) is 4.79 Å². The lowest BCUT2D eigenvalue weighted by atomic mass is 9.91. The van der Waals surface area contributed by atoms with Gasteiger partial charge in [0.05, 0.1) is 13.2 Å². The summed E-state index contributed by atoms with van der Waals surface area (Å²) in [5.74, 6) is 1.40. The number of hydrogen-bond acceptors (Lipinski definition) is 3. The number of para-hydroxylation sites is 1. The zero-order chi connectivity index (χ0) is 19.7. The maximum atomic E-state index is 13.1. The van der Waals surface area contributed by atoms with Crippen molar-refractivity contribution in [1.29, 1.82) is 0 Å². The number of nitrogens with zero attached hydrogens (tertiary/aromatic N) is 1. The Morgan fingerprint density at radius 3 is 2.50 bits per heavy atom. The fourth-order valence-corrected chi connectivity index (χ4v) is 4.66. The topological polar surface area (TPSA) is 41.6 Å². The SMILES string of the molecule is COc1ccccc1-c1ccc(C(C)N(C)C(=O)C2CC23CCNCC3)cc1. The second-order valence-electron chi connectivity index (χ2n) is 8.32. The number of ether oxygens (including phenoxy) is 1. The largest absolute Gasteiger partial charge is 0.496 e. The summed E-state index contributed by atoms with van der Waals surface area (Å²) in [4.78, 5) is 15.0. The number of carbonyl (C=O) groups is 1. The van der Waals surface area contributed by atoms with Gasteiger partial charge in [-0.25, -0.2) is 0 Å². The molecule has 1 amide bonds. The van der Waals surface area contributed by atoms with Crippen molar-refractivity contribution in [2.75, 3.05) is 27.2 Å². The van der Waals surface area contributed by atoms with Crippen molar-refractivity contribution in [2.24, 2.45) is 11.3 Å². The van der Waals surface area contributed by atoms with Crippen molar-refractivity contribution in [1.82, 2.24) is 10.2 Å². The molecule has 1 aliphatic carbocycles. The van der Waals surface area contributed by atoms with E-state index in [-0.39, 0.29) is 17.4 Å². The maximum Gasteiger partial charge on any atom is 0.226 e. The number of benzene rings is 2. The van der Waals surface area contributed by atoms with Crippen molar-refractivity contribution in [3.05, 3.63) is 54.1 Å². The molecule has 2 aliphatic rings. The highest BCUT2D eigenvalue weighted by Crippen LogP contribution is 2.59. The van der Waals surface area contributed by atoms with Crippen molar-refractivity contribution in [2.45, 2.75) is 32.2 Å². The van der Waals surface area contributed by atoms with Crippen LogP contribution in [0.1, 0.15) is 37.8 Å². The van der Waals surface area contributed by atoms with Gasteiger partial charge >= 0.3 is 0 Å². The smallest absolute Gasteiger partial charge is 0.226 e. The van der Waals surface area contributed by atoms with Gasteiger partial charge in [0.2, 0.25) is 5.91 Å². The monoisotopic (exact) mass is 378 g/mol. The number of rotatable bonds is 5. The van der Waals surface area contributed by atoms with Crippen LogP contribution < -0.4 is 10.1 Å². The lowest BCUT2D eigenvalue weighted by Gasteiger charge is -2.28. The van der Waals surface area contributed by atoms with Crippen LogP contribution in [0.2, 0.25) is 0 Å². The summed E-state index contributed by atoms with van der Waals surface area (Å²) in [6, 6.07) is 16.6. The number of nitrogens with one attached hydrogen (secondary N) is 1. The van der Waals surface area contributed by atoms with E-state index >= 15 is 0 Å². The van der Waals surface area contributed by atoms with Gasteiger partial charge in [0.15, 0.2) is 0 Å². The van der Waals surface area contributed by atoms with Gasteiger partial charge in [0.1, 0.15) is 5.75 Å². The minimum atomic E-state index is 0.0681. The number of carbonyl (C=O) groups excluding carboxylic acids is 1. The molecule has 2 aromatic rings. The third-order valence-corrected chi connectivity index (χ3v) is 6.83. The van der Waals surface area contributed by atoms with Crippen molar-refractivity contribution < 1.29 is 9.53 Å². The highest BCUT2D eigenvalue weighted by Gasteiger charge is 2.58. The van der Waals surface area contributed by atoms with E-state index in [2.05, 4.69) is 42.6 Å². The molecule has 2 aromatic carbocycles. The molecule has 148 valence electrons. The molecule has 1 saturated carbocycles. The van der Waals surface area contributed by atoms with Crippen molar-refractivity contribution in [3.63, 3.8) is 0 Å². The zero-order valence-corrected chi connectivity index (χ0v) is 17.1. The van der Waals surface area contributed by atoms with E-state index in [1.54, 1.807) is 7.11 Å². The van der Waals surface area contributed by atoms with Crippen LogP contribution in [-0.4, -0.2) is 38.1 Å². The Labute approximate surface area is 167 Å². The molecule has 4 rings (SSSR count). The Morgan fingerprint density at radius 1 is 1.14 bits per heavy atom. The number of amides is 1. The summed E-state index contributed by atoms with van der Waals surface area (Å²) in [6.07, 6.45) is 3.34. The van der Waals surface area contributed by atoms with Crippen LogP contribution in [-0.2, 0) is 4.79 Å². The molecule has 1 N–H and O–H groups in total. The highest BCUT2D eigenvalue weighted by molar-refractivity contribution is 5.83. The van der Waals surface area contributed by atoms with Crippen LogP contribution in [0.25, 0.3) is 11.1 Å². The quantitative estimate of drug-likeness (QED) is 0.845. The predicted octanol–water partition coefficient (Wildman–Crippen LogP) is 4.27. The fourth-order valence-electron chi connectivity index (χ4n) is 4.66. The average Bonchev–Trinajstić information content (AvgIpc) is 3.45. The molecule has 1 spiro atoms. The fraction of sp³-hybridized carbons (Fsp3) is 0.458. The van der Waals surface area contributed by atoms with Gasteiger partial charge in [0, 0.05) is 18.5 Å². The van der Waals surface area contributed by atoms with Crippen LogP contribution in [0.3, 0.4) is 0 Å². The molecule has 28 heavy (non-hydrogen) atoms. The van der Waals surface area contributed by atoms with Crippen LogP contribution in [0, 0.1) is 11.3 Å². The van der Waals surface area contributed by atoms with E-state index in [0.717, 1.165) is 54.8 Å². The van der Waals surface area contributed by atoms with E-state index in [0.29, 0.717) is 5.91 Å².